The fourth-order valence-corrected chi connectivity index (χ4v) is 2.82. The third kappa shape index (κ3) is 4.30. The molecule has 0 aliphatic carbocycles. The first-order valence-corrected chi connectivity index (χ1v) is 8.06. The number of anilines is 2. The molecular formula is C16H19ClFN5. The van der Waals surface area contributed by atoms with E-state index in [4.69, 9.17) is 11.6 Å². The zero-order chi connectivity index (χ0) is 16.1. The summed E-state index contributed by atoms with van der Waals surface area (Å²) in [6.07, 6.45) is 3.66. The molecule has 0 spiro atoms. The van der Waals surface area contributed by atoms with Crippen molar-refractivity contribution >= 4 is 23.1 Å². The van der Waals surface area contributed by atoms with Gasteiger partial charge in [-0.15, -0.1) is 0 Å². The summed E-state index contributed by atoms with van der Waals surface area (Å²) in [5.74, 6) is 0.419. The molecule has 0 unspecified atom stereocenters. The molecule has 3 N–H and O–H groups in total. The summed E-state index contributed by atoms with van der Waals surface area (Å²) >= 11 is 6.00. The van der Waals surface area contributed by atoms with Crippen molar-refractivity contribution in [2.75, 3.05) is 23.7 Å². The minimum atomic E-state index is -0.375. The van der Waals surface area contributed by atoms with Gasteiger partial charge in [0.2, 0.25) is 0 Å². The quantitative estimate of drug-likeness (QED) is 0.784. The van der Waals surface area contributed by atoms with Gasteiger partial charge in [0.05, 0.1) is 22.9 Å². The highest BCUT2D eigenvalue weighted by molar-refractivity contribution is 6.33. The van der Waals surface area contributed by atoms with E-state index in [2.05, 4.69) is 25.9 Å². The number of halogens is 2. The Kier molecular flexibility index (Phi) is 5.25. The van der Waals surface area contributed by atoms with Gasteiger partial charge in [0, 0.05) is 12.1 Å². The number of benzene rings is 1. The van der Waals surface area contributed by atoms with Crippen LogP contribution >= 0.6 is 11.6 Å². The van der Waals surface area contributed by atoms with E-state index < -0.39 is 0 Å². The number of rotatable bonds is 5. The van der Waals surface area contributed by atoms with E-state index in [1.54, 1.807) is 12.1 Å². The van der Waals surface area contributed by atoms with Gasteiger partial charge in [-0.2, -0.15) is 0 Å². The molecule has 2 heterocycles. The van der Waals surface area contributed by atoms with Crippen LogP contribution < -0.4 is 16.0 Å². The average molecular weight is 336 g/mol. The molecule has 23 heavy (non-hydrogen) atoms. The molecule has 0 bridgehead atoms. The van der Waals surface area contributed by atoms with E-state index in [1.807, 2.05) is 6.07 Å². The van der Waals surface area contributed by atoms with Crippen molar-refractivity contribution in [3.63, 3.8) is 0 Å². The molecule has 0 radical (unpaired) electrons. The number of hydrogen-bond donors (Lipinski definition) is 3. The van der Waals surface area contributed by atoms with Crippen LogP contribution in [-0.2, 0) is 6.54 Å². The zero-order valence-corrected chi connectivity index (χ0v) is 13.4. The maximum Gasteiger partial charge on any atom is 0.147 e. The zero-order valence-electron chi connectivity index (χ0n) is 12.6. The van der Waals surface area contributed by atoms with Crippen LogP contribution in [-0.4, -0.2) is 29.1 Å². The molecular weight excluding hydrogens is 317 g/mol. The predicted octanol–water partition coefficient (Wildman–Crippen LogP) is 3.05. The molecule has 1 fully saturated rings. The molecule has 5 nitrogen and oxygen atoms in total. The normalized spacial score (nSPS) is 15.4. The minimum Gasteiger partial charge on any atom is -0.376 e. The van der Waals surface area contributed by atoms with Crippen LogP contribution in [0.4, 0.5) is 15.9 Å². The summed E-state index contributed by atoms with van der Waals surface area (Å²) in [6, 6.07) is 6.90. The molecule has 0 atom stereocenters. The van der Waals surface area contributed by atoms with Crippen molar-refractivity contribution in [3.8, 4) is 0 Å². The molecule has 1 aromatic heterocycles. The van der Waals surface area contributed by atoms with Gasteiger partial charge in [0.15, 0.2) is 0 Å². The Balaban J connectivity index is 1.63. The molecule has 0 amide bonds. The Bertz CT molecular complexity index is 640. The predicted molar refractivity (Wildman–Crippen MR) is 90.3 cm³/mol. The SMILES string of the molecule is Fc1cccc(Cl)c1NCc1cc(NC2CCNCC2)ncn1. The van der Waals surface area contributed by atoms with Crippen LogP contribution in [0.15, 0.2) is 30.6 Å². The molecule has 0 saturated carbocycles. The number of hydrogen-bond acceptors (Lipinski definition) is 5. The van der Waals surface area contributed by atoms with Gasteiger partial charge in [-0.05, 0) is 38.1 Å². The van der Waals surface area contributed by atoms with Gasteiger partial charge in [-0.25, -0.2) is 14.4 Å². The van der Waals surface area contributed by atoms with E-state index in [9.17, 15) is 4.39 Å². The first-order chi connectivity index (χ1) is 11.2. The van der Waals surface area contributed by atoms with Crippen molar-refractivity contribution < 1.29 is 4.39 Å². The Morgan fingerprint density at radius 2 is 2.09 bits per heavy atom. The molecule has 1 aromatic carbocycles. The molecule has 1 saturated heterocycles. The average Bonchev–Trinajstić information content (AvgIpc) is 2.56. The first kappa shape index (κ1) is 16.0. The Labute approximate surface area is 139 Å². The highest BCUT2D eigenvalue weighted by Gasteiger charge is 2.13. The summed E-state index contributed by atoms with van der Waals surface area (Å²) in [6.45, 7) is 2.41. The molecule has 1 aliphatic rings. The number of piperidine rings is 1. The summed E-state index contributed by atoms with van der Waals surface area (Å²) < 4.78 is 13.7. The Morgan fingerprint density at radius 1 is 1.26 bits per heavy atom. The number of aromatic nitrogens is 2. The lowest BCUT2D eigenvalue weighted by atomic mass is 10.1. The lowest BCUT2D eigenvalue weighted by molar-refractivity contribution is 0.478. The van der Waals surface area contributed by atoms with Crippen molar-refractivity contribution in [1.29, 1.82) is 0 Å². The third-order valence-corrected chi connectivity index (χ3v) is 4.14. The number of para-hydroxylation sites is 1. The van der Waals surface area contributed by atoms with Gasteiger partial charge < -0.3 is 16.0 Å². The van der Waals surface area contributed by atoms with Crippen LogP contribution in [0.2, 0.25) is 5.02 Å². The summed E-state index contributed by atoms with van der Waals surface area (Å²) in [5, 5.41) is 10.1. The lowest BCUT2D eigenvalue weighted by Crippen LogP contribution is -2.35. The van der Waals surface area contributed by atoms with Crippen LogP contribution in [0, 0.1) is 5.82 Å². The van der Waals surface area contributed by atoms with Crippen LogP contribution in [0.1, 0.15) is 18.5 Å². The number of nitrogens with one attached hydrogen (secondary N) is 3. The van der Waals surface area contributed by atoms with Gasteiger partial charge in [0.1, 0.15) is 18.0 Å². The second-order valence-corrected chi connectivity index (χ2v) is 5.92. The minimum absolute atomic E-state index is 0.292. The van der Waals surface area contributed by atoms with Crippen LogP contribution in [0.25, 0.3) is 0 Å². The van der Waals surface area contributed by atoms with E-state index in [0.717, 1.165) is 37.4 Å². The smallest absolute Gasteiger partial charge is 0.147 e. The summed E-state index contributed by atoms with van der Waals surface area (Å²) in [4.78, 5) is 8.47. The van der Waals surface area contributed by atoms with Crippen molar-refractivity contribution in [3.05, 3.63) is 47.1 Å². The van der Waals surface area contributed by atoms with Crippen molar-refractivity contribution in [2.24, 2.45) is 0 Å². The lowest BCUT2D eigenvalue weighted by Gasteiger charge is -2.24. The van der Waals surface area contributed by atoms with E-state index >= 15 is 0 Å². The summed E-state index contributed by atoms with van der Waals surface area (Å²) in [7, 11) is 0. The fourth-order valence-electron chi connectivity index (χ4n) is 2.59. The van der Waals surface area contributed by atoms with E-state index in [1.165, 1.54) is 12.4 Å². The summed E-state index contributed by atoms with van der Waals surface area (Å²) in [5.41, 5.74) is 1.07. The highest BCUT2D eigenvalue weighted by atomic mass is 35.5. The molecule has 3 rings (SSSR count). The van der Waals surface area contributed by atoms with Crippen LogP contribution in [0.5, 0.6) is 0 Å². The van der Waals surface area contributed by atoms with Crippen molar-refractivity contribution in [1.82, 2.24) is 15.3 Å². The first-order valence-electron chi connectivity index (χ1n) is 7.68. The van der Waals surface area contributed by atoms with Gasteiger partial charge in [0.25, 0.3) is 0 Å². The van der Waals surface area contributed by atoms with Gasteiger partial charge in [-0.3, -0.25) is 0 Å². The third-order valence-electron chi connectivity index (χ3n) is 3.82. The monoisotopic (exact) mass is 335 g/mol. The van der Waals surface area contributed by atoms with E-state index in [-0.39, 0.29) is 5.82 Å². The topological polar surface area (TPSA) is 61.9 Å². The van der Waals surface area contributed by atoms with Gasteiger partial charge in [-0.1, -0.05) is 17.7 Å². The Morgan fingerprint density at radius 3 is 2.87 bits per heavy atom. The molecule has 122 valence electrons. The maximum atomic E-state index is 13.7. The Hall–Kier alpha value is -1.92. The second kappa shape index (κ2) is 7.57. The van der Waals surface area contributed by atoms with Crippen LogP contribution in [0.3, 0.4) is 0 Å². The largest absolute Gasteiger partial charge is 0.376 e. The molecule has 2 aromatic rings. The molecule has 7 heteroatoms. The standard InChI is InChI=1S/C16H19ClFN5/c17-13-2-1-3-14(18)16(13)20-9-12-8-15(22-10-21-12)23-11-4-6-19-7-5-11/h1-3,8,10-11,19-20H,4-7,9H2,(H,21,22,23). The maximum absolute atomic E-state index is 13.7. The highest BCUT2D eigenvalue weighted by Crippen LogP contribution is 2.25. The van der Waals surface area contributed by atoms with E-state index in [0.29, 0.717) is 23.3 Å². The second-order valence-electron chi connectivity index (χ2n) is 5.51. The fraction of sp³-hybridized carbons (Fsp3) is 0.375. The number of nitrogens with zero attached hydrogens (tertiary/aromatic N) is 2. The van der Waals surface area contributed by atoms with Crippen molar-refractivity contribution in [2.45, 2.75) is 25.4 Å². The van der Waals surface area contributed by atoms with Gasteiger partial charge >= 0.3 is 0 Å². The molecule has 1 aliphatic heterocycles.